The molecule has 10 heteroatoms. The summed E-state index contributed by atoms with van der Waals surface area (Å²) in [4.78, 5) is 41.4. The molecule has 9 nitrogen and oxygen atoms in total. The van der Waals surface area contributed by atoms with E-state index in [1.54, 1.807) is 31.3 Å². The third kappa shape index (κ3) is 6.18. The molecule has 39 heavy (non-hydrogen) atoms. The number of hydrogen-bond donors (Lipinski definition) is 1. The van der Waals surface area contributed by atoms with Crippen LogP contribution >= 0.6 is 12.2 Å². The van der Waals surface area contributed by atoms with Crippen LogP contribution in [0.3, 0.4) is 0 Å². The summed E-state index contributed by atoms with van der Waals surface area (Å²) in [7, 11) is 4.43. The maximum Gasteiger partial charge on any atom is 0.337 e. The van der Waals surface area contributed by atoms with Gasteiger partial charge in [0.05, 0.1) is 39.0 Å². The molecule has 1 fully saturated rings. The van der Waals surface area contributed by atoms with E-state index in [0.717, 1.165) is 16.2 Å². The van der Waals surface area contributed by atoms with Crippen molar-refractivity contribution in [2.75, 3.05) is 38.1 Å². The van der Waals surface area contributed by atoms with Crippen LogP contribution in [0.1, 0.15) is 22.3 Å². The van der Waals surface area contributed by atoms with E-state index in [4.69, 9.17) is 26.4 Å². The third-order valence-corrected chi connectivity index (χ3v) is 6.76. The molecule has 4 rings (SSSR count). The number of imide groups is 1. The Morgan fingerprint density at radius 3 is 2.31 bits per heavy atom. The van der Waals surface area contributed by atoms with Crippen LogP contribution in [0.5, 0.6) is 11.5 Å². The molecule has 3 aromatic rings. The van der Waals surface area contributed by atoms with E-state index in [1.165, 1.54) is 19.2 Å². The summed E-state index contributed by atoms with van der Waals surface area (Å²) < 4.78 is 15.5. The Bertz CT molecular complexity index is 1360. The van der Waals surface area contributed by atoms with Crippen LogP contribution in [-0.2, 0) is 20.7 Å². The monoisotopic (exact) mass is 547 g/mol. The molecule has 1 heterocycles. The van der Waals surface area contributed by atoms with E-state index in [-0.39, 0.29) is 12.3 Å². The Morgan fingerprint density at radius 2 is 1.67 bits per heavy atom. The van der Waals surface area contributed by atoms with E-state index in [0.29, 0.717) is 40.8 Å². The highest BCUT2D eigenvalue weighted by molar-refractivity contribution is 7.80. The number of thiocarbonyl (C=S) groups is 1. The van der Waals surface area contributed by atoms with Crippen LogP contribution in [0.25, 0.3) is 0 Å². The average molecular weight is 548 g/mol. The number of amides is 2. The van der Waals surface area contributed by atoms with Crippen molar-refractivity contribution < 1.29 is 28.6 Å². The van der Waals surface area contributed by atoms with E-state index in [2.05, 4.69) is 5.32 Å². The Kier molecular flexibility index (Phi) is 8.77. The number of nitrogens with one attached hydrogen (secondary N) is 1. The van der Waals surface area contributed by atoms with Gasteiger partial charge in [0, 0.05) is 12.2 Å². The number of hydrogen-bond acceptors (Lipinski definition) is 7. The summed E-state index contributed by atoms with van der Waals surface area (Å²) in [5, 5.41) is 3.52. The van der Waals surface area contributed by atoms with Crippen LogP contribution in [0.4, 0.5) is 11.4 Å². The first-order chi connectivity index (χ1) is 18.9. The lowest BCUT2D eigenvalue weighted by atomic mass is 10.1. The molecule has 0 saturated carbocycles. The zero-order chi connectivity index (χ0) is 27.9. The van der Waals surface area contributed by atoms with Gasteiger partial charge in [0.15, 0.2) is 16.6 Å². The van der Waals surface area contributed by atoms with Gasteiger partial charge >= 0.3 is 5.97 Å². The normalized spacial score (nSPS) is 14.6. The van der Waals surface area contributed by atoms with Crippen molar-refractivity contribution >= 4 is 46.5 Å². The highest BCUT2D eigenvalue weighted by atomic mass is 32.1. The average Bonchev–Trinajstić information content (AvgIpc) is 3.26. The van der Waals surface area contributed by atoms with Gasteiger partial charge in [-0.3, -0.25) is 9.59 Å². The Balaban J connectivity index is 1.58. The number of benzene rings is 3. The molecular formula is C29H29N3O6S. The van der Waals surface area contributed by atoms with Crippen molar-refractivity contribution in [3.05, 3.63) is 83.9 Å². The molecular weight excluding hydrogens is 518 g/mol. The molecule has 0 aliphatic carbocycles. The first-order valence-corrected chi connectivity index (χ1v) is 12.7. The van der Waals surface area contributed by atoms with E-state index >= 15 is 0 Å². The number of para-hydroxylation sites is 1. The van der Waals surface area contributed by atoms with E-state index in [9.17, 15) is 14.4 Å². The lowest BCUT2D eigenvalue weighted by Gasteiger charge is -2.30. The summed E-state index contributed by atoms with van der Waals surface area (Å²) in [5.74, 6) is -0.0352. The van der Waals surface area contributed by atoms with Gasteiger partial charge in [0.1, 0.15) is 6.04 Å². The highest BCUT2D eigenvalue weighted by Gasteiger charge is 2.43. The van der Waals surface area contributed by atoms with Gasteiger partial charge in [-0.05, 0) is 72.7 Å². The maximum atomic E-state index is 13.6. The number of esters is 1. The van der Waals surface area contributed by atoms with E-state index < -0.39 is 17.9 Å². The molecule has 3 aromatic carbocycles. The standard InChI is InChI=1S/C29H29N3O6S/c1-36-24-14-9-19(17-25(24)37-2)15-16-31(29(39)30-21-7-5-4-6-8-21)23-18-26(33)32(27(23)34)22-12-10-20(11-13-22)28(35)38-3/h4-14,17,23H,15-16,18H2,1-3H3,(H,30,39). The van der Waals surface area contributed by atoms with Crippen molar-refractivity contribution in [2.24, 2.45) is 0 Å². The highest BCUT2D eigenvalue weighted by Crippen LogP contribution is 2.29. The number of carbonyl (C=O) groups is 3. The lowest BCUT2D eigenvalue weighted by molar-refractivity contribution is -0.122. The van der Waals surface area contributed by atoms with Gasteiger partial charge in [-0.1, -0.05) is 24.3 Å². The van der Waals surface area contributed by atoms with Crippen LogP contribution in [0, 0.1) is 0 Å². The zero-order valence-corrected chi connectivity index (χ0v) is 22.7. The smallest absolute Gasteiger partial charge is 0.337 e. The Morgan fingerprint density at radius 1 is 0.974 bits per heavy atom. The third-order valence-electron chi connectivity index (χ3n) is 6.42. The minimum absolute atomic E-state index is 0.0415. The predicted octanol–water partition coefficient (Wildman–Crippen LogP) is 4.06. The fourth-order valence-corrected chi connectivity index (χ4v) is 4.73. The Labute approximate surface area is 232 Å². The summed E-state index contributed by atoms with van der Waals surface area (Å²) in [5.41, 5.74) is 2.42. The number of nitrogens with zero attached hydrogens (tertiary/aromatic N) is 2. The second-order valence-corrected chi connectivity index (χ2v) is 9.14. The molecule has 1 aliphatic heterocycles. The summed E-state index contributed by atoms with van der Waals surface area (Å²) in [6.07, 6.45) is 0.489. The number of carbonyl (C=O) groups excluding carboxylic acids is 3. The van der Waals surface area contributed by atoms with Crippen molar-refractivity contribution in [3.8, 4) is 11.5 Å². The van der Waals surface area contributed by atoms with Gasteiger partial charge in [-0.25, -0.2) is 9.69 Å². The minimum atomic E-state index is -0.804. The molecule has 0 radical (unpaired) electrons. The molecule has 1 N–H and O–H groups in total. The SMILES string of the molecule is COC(=O)c1ccc(N2C(=O)CC(N(CCc3ccc(OC)c(OC)c3)C(=S)Nc3ccccc3)C2=O)cc1. The molecule has 1 atom stereocenters. The second kappa shape index (κ2) is 12.4. The second-order valence-electron chi connectivity index (χ2n) is 8.75. The molecule has 202 valence electrons. The molecule has 0 bridgehead atoms. The number of ether oxygens (including phenoxy) is 3. The quantitative estimate of drug-likeness (QED) is 0.242. The van der Waals surface area contributed by atoms with Crippen LogP contribution < -0.4 is 19.7 Å². The van der Waals surface area contributed by atoms with Crippen molar-refractivity contribution in [1.29, 1.82) is 0 Å². The first-order valence-electron chi connectivity index (χ1n) is 12.2. The molecule has 0 spiro atoms. The zero-order valence-electron chi connectivity index (χ0n) is 21.9. The fourth-order valence-electron chi connectivity index (χ4n) is 4.40. The summed E-state index contributed by atoms with van der Waals surface area (Å²) >= 11 is 5.74. The molecule has 1 aliphatic rings. The minimum Gasteiger partial charge on any atom is -0.493 e. The first kappa shape index (κ1) is 27.6. The van der Waals surface area contributed by atoms with Gasteiger partial charge < -0.3 is 24.4 Å². The van der Waals surface area contributed by atoms with Gasteiger partial charge in [-0.2, -0.15) is 0 Å². The van der Waals surface area contributed by atoms with Gasteiger partial charge in [-0.15, -0.1) is 0 Å². The summed E-state index contributed by atoms with van der Waals surface area (Å²) in [6.45, 7) is 0.368. The summed E-state index contributed by atoms with van der Waals surface area (Å²) in [6, 6.07) is 20.4. The number of rotatable bonds is 9. The maximum absolute atomic E-state index is 13.6. The van der Waals surface area contributed by atoms with Crippen molar-refractivity contribution in [1.82, 2.24) is 4.90 Å². The van der Waals surface area contributed by atoms with E-state index in [1.807, 2.05) is 48.5 Å². The number of anilines is 2. The van der Waals surface area contributed by atoms with Gasteiger partial charge in [0.2, 0.25) is 5.91 Å². The number of methoxy groups -OCH3 is 3. The van der Waals surface area contributed by atoms with Gasteiger partial charge in [0.25, 0.3) is 5.91 Å². The predicted molar refractivity (Wildman–Crippen MR) is 151 cm³/mol. The lowest BCUT2D eigenvalue weighted by Crippen LogP contribution is -2.48. The van der Waals surface area contributed by atoms with Crippen molar-refractivity contribution in [3.63, 3.8) is 0 Å². The topological polar surface area (TPSA) is 97.4 Å². The fraction of sp³-hybridized carbons (Fsp3) is 0.241. The van der Waals surface area contributed by atoms with Crippen LogP contribution in [-0.4, -0.2) is 61.7 Å². The van der Waals surface area contributed by atoms with Crippen molar-refractivity contribution in [2.45, 2.75) is 18.9 Å². The molecule has 1 saturated heterocycles. The van der Waals surface area contributed by atoms with Crippen LogP contribution in [0.2, 0.25) is 0 Å². The molecule has 1 unspecified atom stereocenters. The molecule has 0 aromatic heterocycles. The largest absolute Gasteiger partial charge is 0.493 e. The Hall–Kier alpha value is -4.44. The van der Waals surface area contributed by atoms with Crippen LogP contribution in [0.15, 0.2) is 72.8 Å². The molecule has 2 amide bonds.